The predicted molar refractivity (Wildman–Crippen MR) is 64.8 cm³/mol. The van der Waals surface area contributed by atoms with Gasteiger partial charge in [-0.1, -0.05) is 0 Å². The fourth-order valence-electron chi connectivity index (χ4n) is 1.41. The van der Waals surface area contributed by atoms with E-state index in [-0.39, 0.29) is 18.3 Å². The Hall–Kier alpha value is -0.580. The Morgan fingerprint density at radius 3 is 2.80 bits per heavy atom. The van der Waals surface area contributed by atoms with E-state index in [9.17, 15) is 4.79 Å². The lowest BCUT2D eigenvalue weighted by molar-refractivity contribution is -0.121. The third kappa shape index (κ3) is 3.48. The van der Waals surface area contributed by atoms with E-state index in [2.05, 4.69) is 23.6 Å². The Morgan fingerprint density at radius 1 is 1.60 bits per heavy atom. The van der Waals surface area contributed by atoms with E-state index in [1.807, 2.05) is 6.07 Å². The number of hydrogen-bond acceptors (Lipinski definition) is 3. The van der Waals surface area contributed by atoms with E-state index in [1.165, 1.54) is 4.88 Å². The molecule has 0 aliphatic carbocycles. The van der Waals surface area contributed by atoms with Crippen molar-refractivity contribution < 1.29 is 4.79 Å². The minimum Gasteiger partial charge on any atom is -0.350 e. The molecule has 0 saturated carbocycles. The van der Waals surface area contributed by atoms with Crippen LogP contribution in [0.4, 0.5) is 0 Å². The van der Waals surface area contributed by atoms with Crippen molar-refractivity contribution in [3.63, 3.8) is 0 Å². The summed E-state index contributed by atoms with van der Waals surface area (Å²) in [7, 11) is 0. The highest BCUT2D eigenvalue weighted by molar-refractivity contribution is 7.12. The second-order valence-electron chi connectivity index (χ2n) is 3.61. The molecule has 0 aromatic carbocycles. The highest BCUT2D eigenvalue weighted by Gasteiger charge is 2.18. The molecule has 84 valence electrons. The molecule has 0 bridgehead atoms. The fourth-order valence-corrected chi connectivity index (χ4v) is 2.30. The molecule has 0 unspecified atom stereocenters. The normalized spacial score (nSPS) is 15.3. The summed E-state index contributed by atoms with van der Waals surface area (Å²) in [5, 5.41) is 6.10. The Balaban J connectivity index is 0.00000112. The van der Waals surface area contributed by atoms with E-state index in [1.54, 1.807) is 11.3 Å². The van der Waals surface area contributed by atoms with E-state index < -0.39 is 0 Å². The first-order valence-electron chi connectivity index (χ1n) is 4.79. The zero-order chi connectivity index (χ0) is 9.97. The zero-order valence-electron chi connectivity index (χ0n) is 8.58. The summed E-state index contributed by atoms with van der Waals surface area (Å²) in [5.41, 5.74) is 0. The van der Waals surface area contributed by atoms with Crippen molar-refractivity contribution >= 4 is 29.7 Å². The lowest BCUT2D eigenvalue weighted by Gasteiger charge is -2.27. The highest BCUT2D eigenvalue weighted by atomic mass is 35.5. The molecule has 3 nitrogen and oxygen atoms in total. The quantitative estimate of drug-likeness (QED) is 0.839. The van der Waals surface area contributed by atoms with Gasteiger partial charge in [0.25, 0.3) is 0 Å². The highest BCUT2D eigenvalue weighted by Crippen LogP contribution is 2.15. The molecule has 2 heterocycles. The van der Waals surface area contributed by atoms with E-state index in [4.69, 9.17) is 0 Å². The van der Waals surface area contributed by atoms with Gasteiger partial charge in [0.15, 0.2) is 0 Å². The Morgan fingerprint density at radius 2 is 2.33 bits per heavy atom. The zero-order valence-corrected chi connectivity index (χ0v) is 10.2. The molecule has 1 saturated heterocycles. The summed E-state index contributed by atoms with van der Waals surface area (Å²) in [4.78, 5) is 13.9. The third-order valence-corrected chi connectivity index (χ3v) is 3.28. The minimum absolute atomic E-state index is 0. The van der Waals surface area contributed by atoms with Crippen molar-refractivity contribution in [2.24, 2.45) is 0 Å². The van der Waals surface area contributed by atoms with Crippen molar-refractivity contribution in [1.82, 2.24) is 10.6 Å². The van der Waals surface area contributed by atoms with Crippen LogP contribution in [-0.4, -0.2) is 25.0 Å². The number of carbonyl (C=O) groups is 1. The largest absolute Gasteiger partial charge is 0.350 e. The molecule has 5 heteroatoms. The fraction of sp³-hybridized carbons (Fsp3) is 0.500. The van der Waals surface area contributed by atoms with E-state index in [0.29, 0.717) is 12.5 Å². The molecule has 1 amide bonds. The van der Waals surface area contributed by atoms with Gasteiger partial charge >= 0.3 is 0 Å². The molecule has 1 aliphatic heterocycles. The van der Waals surface area contributed by atoms with Gasteiger partial charge in [-0.25, -0.2) is 0 Å². The van der Waals surface area contributed by atoms with Gasteiger partial charge in [0.2, 0.25) is 5.91 Å². The van der Waals surface area contributed by atoms with Gasteiger partial charge in [-0.3, -0.25) is 4.79 Å². The molecule has 2 N–H and O–H groups in total. The van der Waals surface area contributed by atoms with Crippen LogP contribution in [0.15, 0.2) is 12.1 Å². The lowest BCUT2D eigenvalue weighted by Crippen LogP contribution is -2.57. The summed E-state index contributed by atoms with van der Waals surface area (Å²) < 4.78 is 0. The number of halogens is 1. The molecule has 1 fully saturated rings. The molecule has 0 spiro atoms. The van der Waals surface area contributed by atoms with Crippen LogP contribution in [0.25, 0.3) is 0 Å². The minimum atomic E-state index is 0. The topological polar surface area (TPSA) is 41.1 Å². The van der Waals surface area contributed by atoms with Crippen LogP contribution in [0.3, 0.4) is 0 Å². The number of hydrogen-bond donors (Lipinski definition) is 2. The van der Waals surface area contributed by atoms with E-state index >= 15 is 0 Å². The van der Waals surface area contributed by atoms with Gasteiger partial charge < -0.3 is 10.6 Å². The maximum Gasteiger partial charge on any atom is 0.225 e. The lowest BCUT2D eigenvalue weighted by atomic mass is 10.2. The van der Waals surface area contributed by atoms with Crippen LogP contribution in [0.5, 0.6) is 0 Å². The molecule has 1 aromatic rings. The average Bonchev–Trinajstić information content (AvgIpc) is 2.44. The molecule has 0 atom stereocenters. The van der Waals surface area contributed by atoms with Crippen LogP contribution in [-0.2, 0) is 11.2 Å². The Kier molecular flexibility index (Phi) is 4.57. The summed E-state index contributed by atoms with van der Waals surface area (Å²) in [6.45, 7) is 3.88. The second-order valence-corrected chi connectivity index (χ2v) is 4.98. The first-order valence-corrected chi connectivity index (χ1v) is 5.61. The second kappa shape index (κ2) is 5.49. The maximum absolute atomic E-state index is 11.5. The molecular formula is C10H15ClN2OS. The summed E-state index contributed by atoms with van der Waals surface area (Å²) in [6.07, 6.45) is 0.523. The van der Waals surface area contributed by atoms with Crippen molar-refractivity contribution in [1.29, 1.82) is 0 Å². The van der Waals surface area contributed by atoms with Gasteiger partial charge in [0.1, 0.15) is 0 Å². The van der Waals surface area contributed by atoms with Gasteiger partial charge in [-0.15, -0.1) is 23.7 Å². The van der Waals surface area contributed by atoms with Crippen molar-refractivity contribution in [2.75, 3.05) is 13.1 Å². The van der Waals surface area contributed by atoms with Gasteiger partial charge in [0.05, 0.1) is 12.5 Å². The van der Waals surface area contributed by atoms with Gasteiger partial charge in [0, 0.05) is 22.8 Å². The number of aryl methyl sites for hydroxylation is 1. The van der Waals surface area contributed by atoms with Crippen LogP contribution in [0, 0.1) is 6.92 Å². The maximum atomic E-state index is 11.5. The van der Waals surface area contributed by atoms with Crippen LogP contribution in [0.2, 0.25) is 0 Å². The monoisotopic (exact) mass is 246 g/mol. The van der Waals surface area contributed by atoms with E-state index in [0.717, 1.165) is 18.0 Å². The SMILES string of the molecule is Cc1ccc(CC(=O)NC2CNC2)s1.Cl. The van der Waals surface area contributed by atoms with Gasteiger partial charge in [-0.2, -0.15) is 0 Å². The molecule has 1 aromatic heterocycles. The number of rotatable bonds is 3. The molecular weight excluding hydrogens is 232 g/mol. The smallest absolute Gasteiger partial charge is 0.225 e. The number of nitrogens with one attached hydrogen (secondary N) is 2. The molecule has 15 heavy (non-hydrogen) atoms. The van der Waals surface area contributed by atoms with Crippen LogP contribution >= 0.6 is 23.7 Å². The average molecular weight is 247 g/mol. The predicted octanol–water partition coefficient (Wildman–Crippen LogP) is 1.11. The first kappa shape index (κ1) is 12.5. The third-order valence-electron chi connectivity index (χ3n) is 2.28. The Bertz CT molecular complexity index is 336. The summed E-state index contributed by atoms with van der Waals surface area (Å²) >= 11 is 1.69. The van der Waals surface area contributed by atoms with Gasteiger partial charge in [-0.05, 0) is 19.1 Å². The first-order chi connectivity index (χ1) is 6.74. The number of thiophene rings is 1. The Labute approximate surface area is 99.7 Å². The van der Waals surface area contributed by atoms with Crippen molar-refractivity contribution in [2.45, 2.75) is 19.4 Å². The van der Waals surface area contributed by atoms with Crippen LogP contribution < -0.4 is 10.6 Å². The van der Waals surface area contributed by atoms with Crippen molar-refractivity contribution in [3.8, 4) is 0 Å². The van der Waals surface area contributed by atoms with Crippen molar-refractivity contribution in [3.05, 3.63) is 21.9 Å². The summed E-state index contributed by atoms with van der Waals surface area (Å²) in [6, 6.07) is 4.43. The number of amides is 1. The molecule has 2 rings (SSSR count). The summed E-state index contributed by atoms with van der Waals surface area (Å²) in [5.74, 6) is 0.137. The molecule has 0 radical (unpaired) electrons. The standard InChI is InChI=1S/C10H14N2OS.ClH/c1-7-2-3-9(14-7)4-10(13)12-8-5-11-6-8;/h2-3,8,11H,4-6H2,1H3,(H,12,13);1H. The molecule has 1 aliphatic rings. The van der Waals surface area contributed by atoms with Crippen LogP contribution in [0.1, 0.15) is 9.75 Å². The number of carbonyl (C=O) groups excluding carboxylic acids is 1.